The molecule has 0 aliphatic carbocycles. The highest BCUT2D eigenvalue weighted by molar-refractivity contribution is 6.02. The fraction of sp³-hybridized carbons (Fsp3) is 0.739. The van der Waals surface area contributed by atoms with Crippen LogP contribution in [0, 0.1) is 11.8 Å². The van der Waals surface area contributed by atoms with E-state index in [9.17, 15) is 9.59 Å². The molecule has 4 aliphatic rings. The minimum Gasteiger partial charge on any atom is -0.380 e. The molecule has 2 aromatic heterocycles. The lowest BCUT2D eigenvalue weighted by molar-refractivity contribution is -0.114. The van der Waals surface area contributed by atoms with Crippen LogP contribution in [-0.4, -0.2) is 169 Å². The van der Waals surface area contributed by atoms with Crippen molar-refractivity contribution >= 4 is 11.6 Å². The Morgan fingerprint density at radius 2 is 1.00 bits per heavy atom. The zero-order valence-corrected chi connectivity index (χ0v) is 37.0. The first-order chi connectivity index (χ1) is 27.6. The minimum atomic E-state index is -0.531. The summed E-state index contributed by atoms with van der Waals surface area (Å²) in [6, 6.07) is 11.2. The van der Waals surface area contributed by atoms with E-state index in [-0.39, 0.29) is 22.8 Å². The van der Waals surface area contributed by atoms with E-state index in [2.05, 4.69) is 85.0 Å². The maximum Gasteiger partial charge on any atom is 0.201 e. The molecule has 0 spiro atoms. The van der Waals surface area contributed by atoms with E-state index >= 15 is 0 Å². The van der Waals surface area contributed by atoms with Gasteiger partial charge in [-0.25, -0.2) is 0 Å². The van der Waals surface area contributed by atoms with Crippen LogP contribution in [0.2, 0.25) is 0 Å². The number of pyridine rings is 2. The highest BCUT2D eigenvalue weighted by Crippen LogP contribution is 2.40. The average Bonchev–Trinajstić information content (AvgIpc) is 3.21. The maximum absolute atomic E-state index is 13.7. The molecule has 4 aliphatic heterocycles. The topological polar surface area (TPSA) is 110 Å². The number of hydrogen-bond donors (Lipinski definition) is 0. The number of rotatable bonds is 16. The van der Waals surface area contributed by atoms with E-state index in [0.29, 0.717) is 49.3 Å². The van der Waals surface area contributed by atoms with Gasteiger partial charge in [-0.05, 0) is 76.6 Å². The van der Waals surface area contributed by atoms with Gasteiger partial charge >= 0.3 is 0 Å². The smallest absolute Gasteiger partial charge is 0.201 e. The first-order valence-electron chi connectivity index (χ1n) is 21.9. The minimum absolute atomic E-state index is 0.142. The van der Waals surface area contributed by atoms with Crippen LogP contribution in [0.5, 0.6) is 0 Å². The molecule has 58 heavy (non-hydrogen) atoms. The number of ketones is 2. The molecule has 324 valence electrons. The highest BCUT2D eigenvalue weighted by atomic mass is 16.5. The van der Waals surface area contributed by atoms with Gasteiger partial charge in [-0.15, -0.1) is 0 Å². The summed E-state index contributed by atoms with van der Waals surface area (Å²) in [5, 5.41) is 0. The van der Waals surface area contributed by atoms with Gasteiger partial charge in [0.2, 0.25) is 11.6 Å². The van der Waals surface area contributed by atoms with Crippen LogP contribution in [0.1, 0.15) is 102 Å². The molecule has 12 heteroatoms. The number of ether oxygens (including phenoxy) is 4. The lowest BCUT2D eigenvalue weighted by atomic mass is 9.75. The SMILES string of the molecule is CC(C)COCCN1CCN([C@@]2(C(=O)c3ccccn3)CCOC(C)(C)C2)CC1.CC(C)COCCN1CCN([C@]2(C(=O)c3ccccn3)CCOC(C)(C)C2)CC1. The summed E-state index contributed by atoms with van der Waals surface area (Å²) in [6.07, 6.45) is 6.27. The second-order valence-electron chi connectivity index (χ2n) is 18.8. The molecule has 0 unspecified atom stereocenters. The van der Waals surface area contributed by atoms with Crippen LogP contribution in [-0.2, 0) is 18.9 Å². The summed E-state index contributed by atoms with van der Waals surface area (Å²) in [4.78, 5) is 45.8. The third-order valence-electron chi connectivity index (χ3n) is 12.1. The maximum atomic E-state index is 13.7. The van der Waals surface area contributed by atoms with Gasteiger partial charge in [-0.2, -0.15) is 0 Å². The molecule has 2 atom stereocenters. The molecule has 6 heterocycles. The van der Waals surface area contributed by atoms with Crippen molar-refractivity contribution in [3.63, 3.8) is 0 Å². The van der Waals surface area contributed by atoms with Gasteiger partial charge in [0, 0.05) is 117 Å². The lowest BCUT2D eigenvalue weighted by Gasteiger charge is -2.52. The largest absolute Gasteiger partial charge is 0.380 e. The molecule has 0 N–H and O–H groups in total. The monoisotopic (exact) mass is 807 g/mol. The van der Waals surface area contributed by atoms with Gasteiger partial charge in [0.25, 0.3) is 0 Å². The van der Waals surface area contributed by atoms with E-state index in [4.69, 9.17) is 18.9 Å². The zero-order chi connectivity index (χ0) is 41.8. The standard InChI is InChI=1S/2C23H37N3O3/c2*1-19(2)17-28-16-14-25-10-12-26(13-11-25)23(8-15-29-22(3,4)18-23)21(27)20-7-5-6-9-24-20/h2*5-7,9,19H,8,10-18H2,1-4H3/t2*23-/m10/s1. The Hall–Kier alpha value is -2.68. The molecular weight excluding hydrogens is 733 g/mol. The quantitative estimate of drug-likeness (QED) is 0.152. The van der Waals surface area contributed by atoms with Crippen molar-refractivity contribution < 1.29 is 28.5 Å². The van der Waals surface area contributed by atoms with E-state index < -0.39 is 11.1 Å². The van der Waals surface area contributed by atoms with Gasteiger partial charge in [-0.3, -0.25) is 39.2 Å². The van der Waals surface area contributed by atoms with Gasteiger partial charge in [-0.1, -0.05) is 39.8 Å². The second-order valence-corrected chi connectivity index (χ2v) is 18.8. The van der Waals surface area contributed by atoms with Crippen molar-refractivity contribution in [1.29, 1.82) is 0 Å². The van der Waals surface area contributed by atoms with Gasteiger partial charge < -0.3 is 18.9 Å². The van der Waals surface area contributed by atoms with Crippen molar-refractivity contribution in [2.75, 3.05) is 105 Å². The van der Waals surface area contributed by atoms with Crippen molar-refractivity contribution in [2.24, 2.45) is 11.8 Å². The zero-order valence-electron chi connectivity index (χ0n) is 37.0. The number of hydrogen-bond acceptors (Lipinski definition) is 12. The Kier molecular flexibility index (Phi) is 17.0. The van der Waals surface area contributed by atoms with Gasteiger partial charge in [0.05, 0.1) is 35.5 Å². The highest BCUT2D eigenvalue weighted by Gasteiger charge is 2.52. The van der Waals surface area contributed by atoms with E-state index in [1.807, 2.05) is 36.4 Å². The first-order valence-corrected chi connectivity index (χ1v) is 21.9. The Morgan fingerprint density at radius 3 is 1.31 bits per heavy atom. The number of piperazine rings is 2. The number of carbonyl (C=O) groups excluding carboxylic acids is 2. The molecule has 0 saturated carbocycles. The fourth-order valence-electron chi connectivity index (χ4n) is 9.19. The van der Waals surface area contributed by atoms with Crippen LogP contribution in [0.3, 0.4) is 0 Å². The van der Waals surface area contributed by atoms with Crippen molar-refractivity contribution in [1.82, 2.24) is 29.6 Å². The Balaban J connectivity index is 0.000000221. The molecule has 6 rings (SSSR count). The number of nitrogens with zero attached hydrogens (tertiary/aromatic N) is 6. The molecule has 0 aromatic carbocycles. The molecule has 0 radical (unpaired) electrons. The molecule has 12 nitrogen and oxygen atoms in total. The Bertz CT molecular complexity index is 1430. The summed E-state index contributed by atoms with van der Waals surface area (Å²) < 4.78 is 23.5. The van der Waals surface area contributed by atoms with Crippen molar-refractivity contribution in [2.45, 2.75) is 103 Å². The summed E-state index contributed by atoms with van der Waals surface area (Å²) in [6.45, 7) is 30.8. The molecule has 2 aromatic rings. The summed E-state index contributed by atoms with van der Waals surface area (Å²) in [5.74, 6) is 1.42. The van der Waals surface area contributed by atoms with Crippen LogP contribution in [0.15, 0.2) is 48.8 Å². The molecule has 0 amide bonds. The van der Waals surface area contributed by atoms with Gasteiger partial charge in [0.1, 0.15) is 11.4 Å². The molecule has 0 bridgehead atoms. The molecule has 4 saturated heterocycles. The lowest BCUT2D eigenvalue weighted by Crippen LogP contribution is -2.65. The Morgan fingerprint density at radius 1 is 0.621 bits per heavy atom. The average molecular weight is 807 g/mol. The van der Waals surface area contributed by atoms with E-state index in [1.54, 1.807) is 12.4 Å². The fourth-order valence-corrected chi connectivity index (χ4v) is 9.19. The van der Waals surface area contributed by atoms with E-state index in [1.165, 1.54) is 0 Å². The van der Waals surface area contributed by atoms with Crippen molar-refractivity contribution in [3.05, 3.63) is 60.2 Å². The number of Topliss-reactive ketones (excluding diaryl/α,β-unsaturated/α-hetero) is 2. The number of aromatic nitrogens is 2. The number of carbonyl (C=O) groups is 2. The second kappa shape index (κ2) is 21.2. The van der Waals surface area contributed by atoms with Crippen molar-refractivity contribution in [3.8, 4) is 0 Å². The third-order valence-corrected chi connectivity index (χ3v) is 12.1. The summed E-state index contributed by atoms with van der Waals surface area (Å²) in [5.41, 5.74) is -0.564. The van der Waals surface area contributed by atoms with Crippen LogP contribution in [0.4, 0.5) is 0 Å². The van der Waals surface area contributed by atoms with Gasteiger partial charge in [0.15, 0.2) is 0 Å². The third kappa shape index (κ3) is 12.7. The predicted molar refractivity (Wildman–Crippen MR) is 228 cm³/mol. The van der Waals surface area contributed by atoms with Crippen LogP contribution >= 0.6 is 0 Å². The van der Waals surface area contributed by atoms with Crippen LogP contribution < -0.4 is 0 Å². The first kappa shape index (κ1) is 46.4. The summed E-state index contributed by atoms with van der Waals surface area (Å²) >= 11 is 0. The molecule has 4 fully saturated rings. The molecular formula is C46H74N6O6. The summed E-state index contributed by atoms with van der Waals surface area (Å²) in [7, 11) is 0. The van der Waals surface area contributed by atoms with Crippen LogP contribution in [0.25, 0.3) is 0 Å². The Labute approximate surface area is 349 Å². The normalized spacial score (nSPS) is 26.0. The van der Waals surface area contributed by atoms with E-state index in [0.717, 1.165) is 105 Å². The predicted octanol–water partition coefficient (Wildman–Crippen LogP) is 5.76.